The molecule has 694 valence electrons. The Morgan fingerprint density at radius 2 is 0.403 bits per heavy atom. The second kappa shape index (κ2) is 33.2. The van der Waals surface area contributed by atoms with Crippen molar-refractivity contribution in [2.45, 2.75) is 0 Å². The van der Waals surface area contributed by atoms with E-state index < -0.39 is 0 Å². The maximum absolute atomic E-state index is 6.90. The van der Waals surface area contributed by atoms with Crippen molar-refractivity contribution in [1.29, 1.82) is 0 Å². The van der Waals surface area contributed by atoms with Crippen molar-refractivity contribution in [1.82, 2.24) is 37.4 Å². The number of aromatic nitrogens is 8. The lowest BCUT2D eigenvalue weighted by Gasteiger charge is -2.10. The van der Waals surface area contributed by atoms with Crippen LogP contribution in [0.25, 0.3) is 297 Å². The van der Waals surface area contributed by atoms with Crippen LogP contribution in [0.5, 0.6) is 0 Å². The largest absolute Gasteiger partial charge is 0.455 e. The smallest absolute Gasteiger partial charge is 0.145 e. The highest BCUT2D eigenvalue weighted by atomic mass is 16.3. The molecular weight excluding hydrogens is 1820 g/mol. The van der Waals surface area contributed by atoms with Gasteiger partial charge in [0.15, 0.2) is 0 Å². The summed E-state index contributed by atoms with van der Waals surface area (Å²) in [7, 11) is 0. The van der Waals surface area contributed by atoms with Gasteiger partial charge in [-0.05, 0) is 240 Å². The molecule has 33 aromatic rings. The second-order valence-corrected chi connectivity index (χ2v) is 38.8. The zero-order valence-electron chi connectivity index (χ0n) is 80.3. The summed E-state index contributed by atoms with van der Waals surface area (Å²) in [5.41, 5.74) is 34.2. The molecule has 11 aromatic heterocycles. The average molecular weight is 1900 g/mol. The number of rotatable bonds is 10. The van der Waals surface area contributed by atoms with Gasteiger partial charge in [0.2, 0.25) is 0 Å². The van der Waals surface area contributed by atoms with E-state index in [1.165, 1.54) is 70.3 Å². The van der Waals surface area contributed by atoms with Gasteiger partial charge in [-0.15, -0.1) is 0 Å². The molecule has 22 aromatic carbocycles. The van der Waals surface area contributed by atoms with E-state index in [9.17, 15) is 0 Å². The van der Waals surface area contributed by atoms with Gasteiger partial charge in [0.05, 0.1) is 105 Å². The summed E-state index contributed by atoms with van der Waals surface area (Å²) in [6.07, 6.45) is 0. The first-order chi connectivity index (χ1) is 73.9. The number of furan rings is 3. The highest BCUT2D eigenvalue weighted by Crippen LogP contribution is 2.52. The Morgan fingerprint density at radius 3 is 0.799 bits per heavy atom. The Bertz CT molecular complexity index is 11300. The molecule has 11 heterocycles. The molecule has 0 fully saturated rings. The fourth-order valence-electron chi connectivity index (χ4n) is 24.2. The van der Waals surface area contributed by atoms with Gasteiger partial charge < -0.3 is 40.7 Å². The zero-order chi connectivity index (χ0) is 97.6. The zero-order valence-corrected chi connectivity index (χ0v) is 80.3. The summed E-state index contributed by atoms with van der Waals surface area (Å²) in [4.78, 5) is 10.3. The van der Waals surface area contributed by atoms with Gasteiger partial charge in [-0.25, -0.2) is 9.97 Å². The Labute approximate surface area is 851 Å². The Morgan fingerprint density at radius 1 is 0.134 bits per heavy atom. The van der Waals surface area contributed by atoms with Crippen LogP contribution in [0.15, 0.2) is 523 Å². The summed E-state index contributed by atoms with van der Waals surface area (Å²) < 4.78 is 34.6. The number of benzene rings is 22. The molecule has 0 radical (unpaired) electrons. The summed E-state index contributed by atoms with van der Waals surface area (Å²) in [6, 6.07) is 182. The molecule has 0 N–H and O–H groups in total. The fraction of sp³-hybridized carbons (Fsp3) is 0. The third kappa shape index (κ3) is 13.0. The van der Waals surface area contributed by atoms with Crippen LogP contribution in [-0.4, -0.2) is 37.4 Å². The van der Waals surface area contributed by atoms with E-state index in [2.05, 4.69) is 513 Å². The predicted molar refractivity (Wildman–Crippen MR) is 620 cm³/mol. The molecule has 11 heteroatoms. The SMILES string of the molecule is c1ccc(-c2cccc(-c3ccc4c(c3)c3cc5c6c7oc8ccc9ccccc9c8c7ccc6n(-c6ccccc6)c5cc3n4-c3ccccc3)n2)cc1.c1ccc(-c2cccc(-c3ccc4c(c3)c3cc5c6c7oc8ccccc8c7ccc6n(-c6ccccc6)c5cc3n4-c3ccccc3)n2)cc1.c1ccc(-n2c3cc4c(cc3c3c5ccccc5ccc32)c2c3oc5ccccc5c3ccc2n4-c2ccccc2)cc1. The van der Waals surface area contributed by atoms with E-state index in [-0.39, 0.29) is 0 Å². The molecule has 0 aliphatic carbocycles. The molecule has 0 spiro atoms. The lowest BCUT2D eigenvalue weighted by Crippen LogP contribution is -1.95. The maximum Gasteiger partial charge on any atom is 0.145 e. The van der Waals surface area contributed by atoms with Crippen LogP contribution in [0, 0.1) is 0 Å². The Kier molecular flexibility index (Phi) is 18.6. The molecule has 33 rings (SSSR count). The normalized spacial score (nSPS) is 12.0. The Hall–Kier alpha value is -20.1. The molecule has 0 saturated heterocycles. The van der Waals surface area contributed by atoms with E-state index in [0.717, 1.165) is 227 Å². The van der Waals surface area contributed by atoms with E-state index in [0.29, 0.717) is 0 Å². The van der Waals surface area contributed by atoms with Gasteiger partial charge >= 0.3 is 0 Å². The third-order valence-electron chi connectivity index (χ3n) is 30.7. The molecule has 0 amide bonds. The Balaban J connectivity index is 0.000000102. The minimum absolute atomic E-state index is 0.900. The van der Waals surface area contributed by atoms with Crippen molar-refractivity contribution in [2.75, 3.05) is 0 Å². The summed E-state index contributed by atoms with van der Waals surface area (Å²) in [6.45, 7) is 0. The van der Waals surface area contributed by atoms with Gasteiger partial charge in [0.1, 0.15) is 33.5 Å². The molecule has 0 aliphatic heterocycles. The number of hydrogen-bond donors (Lipinski definition) is 0. The van der Waals surface area contributed by atoms with Crippen molar-refractivity contribution in [2.24, 2.45) is 0 Å². The quantitative estimate of drug-likeness (QED) is 0.136. The topological polar surface area (TPSA) is 94.8 Å². The number of fused-ring (bicyclic) bond motifs is 34. The molecule has 0 bridgehead atoms. The standard InChI is InChI=1S/C51H31N3O.C47H29N3O.C40H24N2O/c1-4-14-33(15-5-1)42-21-12-22-43(52-42)34-23-26-44-39(29-34)40-30-41-47(31-46(40)53(44)35-16-6-2-7-17-35)54(36-18-8-3-9-19-36)45-27-25-38-49-37-20-11-10-13-32(37)24-28-48(49)55-51(38)50(41)45;1-4-13-30(14-5-1)39-20-12-21-40(48-39)31-23-25-41-36(27-31)37-28-38-44(29-43(37)49(41)32-15-6-2-7-16-32)50(33-17-8-3-9-18-33)42-26-24-35-34-19-10-11-22-45(34)51-47(35)46(38)42;1-3-12-26(13-4-1)41-33-21-19-25-11-7-8-16-28(25)38(33)31-23-32-36(24-35(31)41)42(27-14-5-2-6-15-27)34-22-20-30-29-17-9-10-18-37(29)43-40(30)39(32)34/h1-31H;1-29H;1-24H. The third-order valence-corrected chi connectivity index (χ3v) is 30.7. The number of nitrogens with zero attached hydrogens (tertiary/aromatic N) is 8. The van der Waals surface area contributed by atoms with Crippen molar-refractivity contribution < 1.29 is 13.3 Å². The molecular formula is C138H84N8O3. The van der Waals surface area contributed by atoms with Crippen LogP contribution in [0.4, 0.5) is 0 Å². The van der Waals surface area contributed by atoms with Crippen LogP contribution in [0.1, 0.15) is 0 Å². The first-order valence-corrected chi connectivity index (χ1v) is 50.7. The molecule has 0 saturated carbocycles. The van der Waals surface area contributed by atoms with Crippen LogP contribution in [0.3, 0.4) is 0 Å². The van der Waals surface area contributed by atoms with Gasteiger partial charge in [-0.1, -0.05) is 291 Å². The molecule has 0 atom stereocenters. The first-order valence-electron chi connectivity index (χ1n) is 50.7. The minimum atomic E-state index is 0.900. The maximum atomic E-state index is 6.90. The lowest BCUT2D eigenvalue weighted by molar-refractivity contribution is 0.672. The monoisotopic (exact) mass is 1900 g/mol. The molecule has 11 nitrogen and oxygen atoms in total. The predicted octanol–water partition coefficient (Wildman–Crippen LogP) is 37.1. The summed E-state index contributed by atoms with van der Waals surface area (Å²) in [5, 5.41) is 25.9. The van der Waals surface area contributed by atoms with E-state index in [1.807, 2.05) is 24.3 Å². The van der Waals surface area contributed by atoms with E-state index in [4.69, 9.17) is 23.2 Å². The van der Waals surface area contributed by atoms with Crippen molar-refractivity contribution in [3.63, 3.8) is 0 Å². The van der Waals surface area contributed by atoms with Crippen molar-refractivity contribution in [3.8, 4) is 79.2 Å². The van der Waals surface area contributed by atoms with Gasteiger partial charge in [-0.2, -0.15) is 0 Å². The minimum Gasteiger partial charge on any atom is -0.455 e. The average Bonchev–Trinajstić information content (AvgIpc) is 1.54. The molecule has 0 aliphatic rings. The molecule has 149 heavy (non-hydrogen) atoms. The van der Waals surface area contributed by atoms with Crippen LogP contribution < -0.4 is 0 Å². The van der Waals surface area contributed by atoms with Crippen LogP contribution >= 0.6 is 0 Å². The van der Waals surface area contributed by atoms with Crippen molar-refractivity contribution in [3.05, 3.63) is 510 Å². The number of para-hydroxylation sites is 8. The van der Waals surface area contributed by atoms with Crippen LogP contribution in [-0.2, 0) is 0 Å². The van der Waals surface area contributed by atoms with Gasteiger partial charge in [-0.3, -0.25) is 0 Å². The highest BCUT2D eigenvalue weighted by Gasteiger charge is 2.29. The van der Waals surface area contributed by atoms with Crippen LogP contribution in [0.2, 0.25) is 0 Å². The van der Waals surface area contributed by atoms with E-state index >= 15 is 0 Å². The lowest BCUT2D eigenvalue weighted by atomic mass is 10.0. The van der Waals surface area contributed by atoms with E-state index in [1.54, 1.807) is 0 Å². The highest BCUT2D eigenvalue weighted by molar-refractivity contribution is 6.33. The fourth-order valence-corrected chi connectivity index (χ4v) is 24.2. The number of pyridine rings is 2. The van der Waals surface area contributed by atoms with Gasteiger partial charge in [0.25, 0.3) is 0 Å². The molecule has 0 unspecified atom stereocenters. The van der Waals surface area contributed by atoms with Crippen molar-refractivity contribution >= 4 is 218 Å². The summed E-state index contributed by atoms with van der Waals surface area (Å²) >= 11 is 0. The first kappa shape index (κ1) is 83.5. The second-order valence-electron chi connectivity index (χ2n) is 38.8. The van der Waals surface area contributed by atoms with Gasteiger partial charge in [0, 0.05) is 137 Å². The number of hydrogen-bond acceptors (Lipinski definition) is 5. The summed E-state index contributed by atoms with van der Waals surface area (Å²) in [5.74, 6) is 0.